The van der Waals surface area contributed by atoms with Gasteiger partial charge in [0.1, 0.15) is 5.78 Å². The van der Waals surface area contributed by atoms with Crippen molar-refractivity contribution in [3.63, 3.8) is 0 Å². The maximum Gasteiger partial charge on any atom is 0.139 e. The average molecular weight is 193 g/mol. The zero-order chi connectivity index (χ0) is 10.8. The first kappa shape index (κ1) is 11.2. The number of ketones is 1. The largest absolute Gasteiger partial charge is 0.299 e. The van der Waals surface area contributed by atoms with E-state index >= 15 is 0 Å². The van der Waals surface area contributed by atoms with Crippen molar-refractivity contribution in [2.75, 3.05) is 0 Å². The number of rotatable bonds is 3. The van der Waals surface area contributed by atoms with Gasteiger partial charge in [0.25, 0.3) is 0 Å². The summed E-state index contributed by atoms with van der Waals surface area (Å²) >= 11 is 0. The first-order valence-corrected chi connectivity index (χ1v) is 5.42. The lowest BCUT2D eigenvalue weighted by Crippen LogP contribution is -2.31. The van der Waals surface area contributed by atoms with Gasteiger partial charge in [-0.2, -0.15) is 5.26 Å². The van der Waals surface area contributed by atoms with Gasteiger partial charge in [0.05, 0.1) is 6.07 Å². The maximum atomic E-state index is 11.8. The van der Waals surface area contributed by atoms with Crippen LogP contribution in [0.4, 0.5) is 0 Å². The number of nitrogens with zero attached hydrogens (tertiary/aromatic N) is 1. The Kier molecular flexibility index (Phi) is 3.31. The van der Waals surface area contributed by atoms with Crippen molar-refractivity contribution in [1.82, 2.24) is 0 Å². The van der Waals surface area contributed by atoms with Crippen molar-refractivity contribution >= 4 is 5.78 Å². The highest BCUT2D eigenvalue weighted by molar-refractivity contribution is 5.86. The van der Waals surface area contributed by atoms with Crippen LogP contribution in [0.3, 0.4) is 0 Å². The molecule has 0 radical (unpaired) electrons. The van der Waals surface area contributed by atoms with E-state index in [0.29, 0.717) is 30.5 Å². The lowest BCUT2D eigenvalue weighted by molar-refractivity contribution is -0.127. The molecule has 0 aromatic carbocycles. The summed E-state index contributed by atoms with van der Waals surface area (Å²) in [6.45, 7) is 6.39. The third-order valence-electron chi connectivity index (χ3n) is 3.70. The average Bonchev–Trinajstić information content (AvgIpc) is 2.41. The van der Waals surface area contributed by atoms with Crippen LogP contribution in [-0.4, -0.2) is 5.78 Å². The molecular weight excluding hydrogens is 174 g/mol. The molecule has 2 atom stereocenters. The Balaban J connectivity index is 2.79. The van der Waals surface area contributed by atoms with E-state index < -0.39 is 0 Å². The molecule has 1 saturated carbocycles. The highest BCUT2D eigenvalue weighted by Gasteiger charge is 2.46. The van der Waals surface area contributed by atoms with Crippen LogP contribution in [-0.2, 0) is 4.79 Å². The van der Waals surface area contributed by atoms with Gasteiger partial charge in [-0.05, 0) is 24.7 Å². The van der Waals surface area contributed by atoms with E-state index in [2.05, 4.69) is 19.9 Å². The smallest absolute Gasteiger partial charge is 0.139 e. The highest BCUT2D eigenvalue weighted by atomic mass is 16.1. The Morgan fingerprint density at radius 1 is 1.64 bits per heavy atom. The van der Waals surface area contributed by atoms with Gasteiger partial charge < -0.3 is 0 Å². The summed E-state index contributed by atoms with van der Waals surface area (Å²) in [4.78, 5) is 11.8. The van der Waals surface area contributed by atoms with Gasteiger partial charge in [0.2, 0.25) is 0 Å². The van der Waals surface area contributed by atoms with Crippen LogP contribution in [0.1, 0.15) is 46.5 Å². The lowest BCUT2D eigenvalue weighted by atomic mass is 9.71. The van der Waals surface area contributed by atoms with Gasteiger partial charge in [-0.15, -0.1) is 0 Å². The van der Waals surface area contributed by atoms with E-state index in [4.69, 9.17) is 5.26 Å². The Morgan fingerprint density at radius 2 is 2.29 bits per heavy atom. The fourth-order valence-electron chi connectivity index (χ4n) is 2.81. The van der Waals surface area contributed by atoms with Crippen LogP contribution in [0, 0.1) is 28.6 Å². The molecule has 0 aromatic rings. The molecule has 0 amide bonds. The molecule has 1 rings (SSSR count). The van der Waals surface area contributed by atoms with E-state index in [1.807, 2.05) is 6.92 Å². The van der Waals surface area contributed by atoms with E-state index in [0.717, 1.165) is 12.8 Å². The monoisotopic (exact) mass is 193 g/mol. The Morgan fingerprint density at radius 3 is 2.79 bits per heavy atom. The molecule has 0 bridgehead atoms. The number of carbonyl (C=O) groups is 1. The molecule has 1 fully saturated rings. The van der Waals surface area contributed by atoms with Crippen molar-refractivity contribution in [3.8, 4) is 6.07 Å². The fourth-order valence-corrected chi connectivity index (χ4v) is 2.81. The van der Waals surface area contributed by atoms with Gasteiger partial charge in [-0.1, -0.05) is 20.8 Å². The summed E-state index contributed by atoms with van der Waals surface area (Å²) in [7, 11) is 0. The minimum atomic E-state index is -0.218. The Bertz CT molecular complexity index is 264. The molecule has 2 heteroatoms. The molecule has 0 N–H and O–H groups in total. The van der Waals surface area contributed by atoms with Crippen molar-refractivity contribution in [2.24, 2.45) is 17.3 Å². The summed E-state index contributed by atoms with van der Waals surface area (Å²) in [5.74, 6) is 1.39. The number of nitriles is 1. The fraction of sp³-hybridized carbons (Fsp3) is 0.833. The molecular formula is C12H19NO. The van der Waals surface area contributed by atoms with Gasteiger partial charge in [-0.25, -0.2) is 0 Å². The predicted octanol–water partition coefficient (Wildman–Crippen LogP) is 2.93. The molecule has 0 saturated heterocycles. The second-order valence-corrected chi connectivity index (χ2v) is 4.89. The highest BCUT2D eigenvalue weighted by Crippen LogP contribution is 2.47. The molecule has 0 aliphatic heterocycles. The van der Waals surface area contributed by atoms with Crippen LogP contribution >= 0.6 is 0 Å². The summed E-state index contributed by atoms with van der Waals surface area (Å²) in [6, 6.07) is 2.15. The van der Waals surface area contributed by atoms with E-state index in [9.17, 15) is 4.79 Å². The standard InChI is InChI=1S/C12H19NO/c1-9(2)10-5-6-11(14)12(10,3)7-4-8-13/h9-10H,4-7H2,1-3H3/t10-,12-/m1/s1. The van der Waals surface area contributed by atoms with Gasteiger partial charge in [0.15, 0.2) is 0 Å². The van der Waals surface area contributed by atoms with Crippen LogP contribution in [0.2, 0.25) is 0 Å². The number of hydrogen-bond donors (Lipinski definition) is 0. The zero-order valence-corrected chi connectivity index (χ0v) is 9.34. The molecule has 78 valence electrons. The zero-order valence-electron chi connectivity index (χ0n) is 9.34. The third-order valence-corrected chi connectivity index (χ3v) is 3.70. The molecule has 0 heterocycles. The summed E-state index contributed by atoms with van der Waals surface area (Å²) in [5.41, 5.74) is -0.218. The lowest BCUT2D eigenvalue weighted by Gasteiger charge is -2.32. The second-order valence-electron chi connectivity index (χ2n) is 4.89. The van der Waals surface area contributed by atoms with Crippen molar-refractivity contribution < 1.29 is 4.79 Å². The summed E-state index contributed by atoms with van der Waals surface area (Å²) in [5, 5.41) is 8.59. The first-order chi connectivity index (χ1) is 6.52. The van der Waals surface area contributed by atoms with Crippen molar-refractivity contribution in [2.45, 2.75) is 46.5 Å². The van der Waals surface area contributed by atoms with E-state index in [1.165, 1.54) is 0 Å². The normalized spacial score (nSPS) is 32.2. The van der Waals surface area contributed by atoms with Crippen LogP contribution in [0.5, 0.6) is 0 Å². The number of Topliss-reactive ketones (excluding diaryl/α,β-unsaturated/α-hetero) is 1. The first-order valence-electron chi connectivity index (χ1n) is 5.42. The number of carbonyl (C=O) groups excluding carboxylic acids is 1. The molecule has 1 aliphatic carbocycles. The SMILES string of the molecule is CC(C)[C@H]1CCC(=O)[C@]1(C)CCC#N. The Hall–Kier alpha value is -0.840. The molecule has 1 aliphatic rings. The van der Waals surface area contributed by atoms with Crippen LogP contribution in [0.25, 0.3) is 0 Å². The van der Waals surface area contributed by atoms with Crippen LogP contribution in [0.15, 0.2) is 0 Å². The summed E-state index contributed by atoms with van der Waals surface area (Å²) < 4.78 is 0. The van der Waals surface area contributed by atoms with Gasteiger partial charge >= 0.3 is 0 Å². The molecule has 14 heavy (non-hydrogen) atoms. The molecule has 2 nitrogen and oxygen atoms in total. The molecule has 0 aromatic heterocycles. The topological polar surface area (TPSA) is 40.9 Å². The predicted molar refractivity (Wildman–Crippen MR) is 55.5 cm³/mol. The Labute approximate surface area is 86.3 Å². The third kappa shape index (κ3) is 1.82. The van der Waals surface area contributed by atoms with Crippen molar-refractivity contribution in [1.29, 1.82) is 5.26 Å². The molecule has 0 unspecified atom stereocenters. The number of hydrogen-bond acceptors (Lipinski definition) is 2. The van der Waals surface area contributed by atoms with Gasteiger partial charge in [-0.3, -0.25) is 4.79 Å². The quantitative estimate of drug-likeness (QED) is 0.691. The van der Waals surface area contributed by atoms with E-state index in [1.54, 1.807) is 0 Å². The van der Waals surface area contributed by atoms with E-state index in [-0.39, 0.29) is 5.41 Å². The van der Waals surface area contributed by atoms with Gasteiger partial charge in [0, 0.05) is 18.3 Å². The summed E-state index contributed by atoms with van der Waals surface area (Å²) in [6.07, 6.45) is 2.97. The minimum Gasteiger partial charge on any atom is -0.299 e. The van der Waals surface area contributed by atoms with Crippen molar-refractivity contribution in [3.05, 3.63) is 0 Å². The minimum absolute atomic E-state index is 0.218. The second kappa shape index (κ2) is 4.13. The molecule has 0 spiro atoms. The van der Waals surface area contributed by atoms with Crippen LogP contribution < -0.4 is 0 Å². The maximum absolute atomic E-state index is 11.8.